The zero-order chi connectivity index (χ0) is 15.4. The van der Waals surface area contributed by atoms with Crippen LogP contribution < -0.4 is 0 Å². The molecular weight excluding hydrogens is 258 g/mol. The number of nitrogens with zero attached hydrogens (tertiary/aromatic N) is 1. The molecule has 5 nitrogen and oxygen atoms in total. The summed E-state index contributed by atoms with van der Waals surface area (Å²) < 4.78 is 9.92. The van der Waals surface area contributed by atoms with Crippen molar-refractivity contribution in [1.29, 1.82) is 0 Å². The van der Waals surface area contributed by atoms with Crippen LogP contribution in [0.4, 0.5) is 0 Å². The minimum atomic E-state index is -0.299. The van der Waals surface area contributed by atoms with Crippen molar-refractivity contribution in [3.8, 4) is 0 Å². The van der Waals surface area contributed by atoms with Crippen LogP contribution in [0.2, 0.25) is 0 Å². The van der Waals surface area contributed by atoms with E-state index in [4.69, 9.17) is 9.47 Å². The lowest BCUT2D eigenvalue weighted by Crippen LogP contribution is -2.40. The smallest absolute Gasteiger partial charge is 0.306 e. The van der Waals surface area contributed by atoms with E-state index in [9.17, 15) is 9.59 Å². The Kier molecular flexibility index (Phi) is 11.3. The Morgan fingerprint density at radius 3 is 2.25 bits per heavy atom. The largest absolute Gasteiger partial charge is 0.466 e. The molecule has 0 unspecified atom stereocenters. The quantitative estimate of drug-likeness (QED) is 0.514. The SMILES string of the molecule is CCOC(=O)CCC(=O)CN(CCOC)C(CC)CC. The molecule has 20 heavy (non-hydrogen) atoms. The molecule has 0 spiro atoms. The molecule has 0 aliphatic rings. The van der Waals surface area contributed by atoms with Gasteiger partial charge in [-0.1, -0.05) is 13.8 Å². The van der Waals surface area contributed by atoms with Gasteiger partial charge in [-0.2, -0.15) is 0 Å². The third-order valence-corrected chi connectivity index (χ3v) is 3.33. The molecule has 0 saturated heterocycles. The van der Waals surface area contributed by atoms with Crippen LogP contribution in [0.25, 0.3) is 0 Å². The molecule has 0 fully saturated rings. The summed E-state index contributed by atoms with van der Waals surface area (Å²) >= 11 is 0. The molecule has 0 aromatic carbocycles. The van der Waals surface area contributed by atoms with Gasteiger partial charge in [0.25, 0.3) is 0 Å². The lowest BCUT2D eigenvalue weighted by Gasteiger charge is -2.29. The Hall–Kier alpha value is -0.940. The molecule has 0 heterocycles. The van der Waals surface area contributed by atoms with Gasteiger partial charge in [0.15, 0.2) is 0 Å². The van der Waals surface area contributed by atoms with Crippen LogP contribution in [-0.2, 0) is 19.1 Å². The zero-order valence-corrected chi connectivity index (χ0v) is 13.3. The molecule has 5 heteroatoms. The number of hydrogen-bond acceptors (Lipinski definition) is 5. The van der Waals surface area contributed by atoms with Crippen LogP contribution in [0.1, 0.15) is 46.5 Å². The first kappa shape index (κ1) is 19.1. The minimum Gasteiger partial charge on any atom is -0.466 e. The van der Waals surface area contributed by atoms with E-state index < -0.39 is 0 Å². The summed E-state index contributed by atoms with van der Waals surface area (Å²) in [6.07, 6.45) is 2.44. The van der Waals surface area contributed by atoms with E-state index in [0.717, 1.165) is 19.4 Å². The molecule has 0 aromatic rings. The van der Waals surface area contributed by atoms with Crippen LogP contribution in [-0.4, -0.2) is 56.1 Å². The highest BCUT2D eigenvalue weighted by Crippen LogP contribution is 2.09. The molecule has 0 saturated carbocycles. The number of Topliss-reactive ketones (excluding diaryl/α,β-unsaturated/α-hetero) is 1. The molecular formula is C15H29NO4. The molecule has 0 radical (unpaired) electrons. The number of hydrogen-bond donors (Lipinski definition) is 0. The first-order chi connectivity index (χ1) is 9.58. The number of esters is 1. The molecule has 0 atom stereocenters. The fraction of sp³-hybridized carbons (Fsp3) is 0.867. The maximum Gasteiger partial charge on any atom is 0.306 e. The van der Waals surface area contributed by atoms with E-state index in [1.807, 2.05) is 0 Å². The normalized spacial score (nSPS) is 11.1. The standard InChI is InChI=1S/C15H29NO4/c1-5-13(6-2)16(10-11-19-4)12-14(17)8-9-15(18)20-7-3/h13H,5-12H2,1-4H3. The predicted octanol–water partition coefficient (Wildman–Crippen LogP) is 2.04. The highest BCUT2D eigenvalue weighted by atomic mass is 16.5. The van der Waals surface area contributed by atoms with Gasteiger partial charge >= 0.3 is 5.97 Å². The van der Waals surface area contributed by atoms with Gasteiger partial charge in [-0.3, -0.25) is 14.5 Å². The highest BCUT2D eigenvalue weighted by molar-refractivity contribution is 5.84. The maximum absolute atomic E-state index is 12.0. The van der Waals surface area contributed by atoms with Crippen LogP contribution in [0.3, 0.4) is 0 Å². The van der Waals surface area contributed by atoms with Gasteiger partial charge < -0.3 is 9.47 Å². The molecule has 0 aliphatic heterocycles. The van der Waals surface area contributed by atoms with Gasteiger partial charge in [0.1, 0.15) is 5.78 Å². The Bertz CT molecular complexity index is 277. The second-order valence-electron chi connectivity index (χ2n) is 4.78. The summed E-state index contributed by atoms with van der Waals surface area (Å²) in [5, 5.41) is 0. The van der Waals surface area contributed by atoms with Crippen LogP contribution in [0.5, 0.6) is 0 Å². The number of rotatable bonds is 12. The van der Waals surface area contributed by atoms with E-state index in [1.54, 1.807) is 14.0 Å². The Morgan fingerprint density at radius 1 is 1.10 bits per heavy atom. The minimum absolute atomic E-state index is 0.0843. The summed E-state index contributed by atoms with van der Waals surface area (Å²) in [7, 11) is 1.66. The Labute approximate surface area is 122 Å². The molecule has 0 amide bonds. The lowest BCUT2D eigenvalue weighted by atomic mass is 10.1. The van der Waals surface area contributed by atoms with E-state index in [0.29, 0.717) is 25.8 Å². The summed E-state index contributed by atoms with van der Waals surface area (Å²) in [5.74, 6) is -0.215. The van der Waals surface area contributed by atoms with Crippen molar-refractivity contribution in [2.75, 3.05) is 33.4 Å². The van der Waals surface area contributed by atoms with Gasteiger partial charge in [-0.05, 0) is 19.8 Å². The van der Waals surface area contributed by atoms with Gasteiger partial charge in [0.2, 0.25) is 0 Å². The summed E-state index contributed by atoms with van der Waals surface area (Å²) in [6, 6.07) is 0.386. The summed E-state index contributed by atoms with van der Waals surface area (Å²) in [5.41, 5.74) is 0. The van der Waals surface area contributed by atoms with Gasteiger partial charge in [-0.25, -0.2) is 0 Å². The monoisotopic (exact) mass is 287 g/mol. The van der Waals surface area contributed by atoms with Crippen LogP contribution in [0, 0.1) is 0 Å². The molecule has 0 aromatic heterocycles. The number of carbonyl (C=O) groups is 2. The average molecular weight is 287 g/mol. The fourth-order valence-corrected chi connectivity index (χ4v) is 2.18. The molecule has 118 valence electrons. The first-order valence-electron chi connectivity index (χ1n) is 7.49. The van der Waals surface area contributed by atoms with Crippen molar-refractivity contribution < 1.29 is 19.1 Å². The highest BCUT2D eigenvalue weighted by Gasteiger charge is 2.18. The van der Waals surface area contributed by atoms with E-state index in [2.05, 4.69) is 18.7 Å². The number of ketones is 1. The van der Waals surface area contributed by atoms with E-state index in [-0.39, 0.29) is 24.6 Å². The van der Waals surface area contributed by atoms with Crippen molar-refractivity contribution in [1.82, 2.24) is 4.90 Å². The molecule has 0 aliphatic carbocycles. The van der Waals surface area contributed by atoms with Gasteiger partial charge in [-0.15, -0.1) is 0 Å². The second kappa shape index (κ2) is 11.9. The molecule has 0 rings (SSSR count). The van der Waals surface area contributed by atoms with Crippen molar-refractivity contribution in [2.45, 2.75) is 52.5 Å². The second-order valence-corrected chi connectivity index (χ2v) is 4.78. The topological polar surface area (TPSA) is 55.8 Å². The van der Waals surface area contributed by atoms with Crippen molar-refractivity contribution in [2.24, 2.45) is 0 Å². The molecule has 0 N–H and O–H groups in total. The first-order valence-corrected chi connectivity index (χ1v) is 7.49. The fourth-order valence-electron chi connectivity index (χ4n) is 2.18. The van der Waals surface area contributed by atoms with Crippen LogP contribution >= 0.6 is 0 Å². The number of methoxy groups -OCH3 is 1. The van der Waals surface area contributed by atoms with Gasteiger partial charge in [0, 0.05) is 26.1 Å². The summed E-state index contributed by atoms with van der Waals surface area (Å²) in [4.78, 5) is 25.4. The van der Waals surface area contributed by atoms with Gasteiger partial charge in [0.05, 0.1) is 26.2 Å². The number of ether oxygens (including phenoxy) is 2. The Balaban J connectivity index is 4.26. The van der Waals surface area contributed by atoms with Crippen LogP contribution in [0.15, 0.2) is 0 Å². The maximum atomic E-state index is 12.0. The van der Waals surface area contributed by atoms with E-state index in [1.165, 1.54) is 0 Å². The van der Waals surface area contributed by atoms with Crippen molar-refractivity contribution >= 4 is 11.8 Å². The zero-order valence-electron chi connectivity index (χ0n) is 13.3. The third kappa shape index (κ3) is 8.27. The molecule has 0 bridgehead atoms. The van der Waals surface area contributed by atoms with E-state index >= 15 is 0 Å². The van der Waals surface area contributed by atoms with Crippen molar-refractivity contribution in [3.05, 3.63) is 0 Å². The summed E-state index contributed by atoms with van der Waals surface area (Å²) in [6.45, 7) is 8.11. The predicted molar refractivity (Wildman–Crippen MR) is 78.7 cm³/mol. The average Bonchev–Trinajstić information content (AvgIpc) is 2.44. The number of carbonyl (C=O) groups excluding carboxylic acids is 2. The van der Waals surface area contributed by atoms with Crippen molar-refractivity contribution in [3.63, 3.8) is 0 Å². The Morgan fingerprint density at radius 2 is 1.75 bits per heavy atom. The lowest BCUT2D eigenvalue weighted by molar-refractivity contribution is -0.144. The third-order valence-electron chi connectivity index (χ3n) is 3.33.